The Morgan fingerprint density at radius 2 is 1.55 bits per heavy atom. The van der Waals surface area contributed by atoms with Gasteiger partial charge in [-0.2, -0.15) is 0 Å². The summed E-state index contributed by atoms with van der Waals surface area (Å²) in [4.78, 5) is 12.9. The molecule has 0 saturated heterocycles. The van der Waals surface area contributed by atoms with Crippen LogP contribution in [0.15, 0.2) is 84.5 Å². The normalized spacial score (nSPS) is 14.9. The first-order valence-corrected chi connectivity index (χ1v) is 6.87. The van der Waals surface area contributed by atoms with Gasteiger partial charge in [0.1, 0.15) is 0 Å². The highest BCUT2D eigenvalue weighted by Crippen LogP contribution is 2.31. The van der Waals surface area contributed by atoms with Crippen LogP contribution in [0.4, 0.5) is 0 Å². The molecule has 0 bridgehead atoms. The Labute approximate surface area is 119 Å². The van der Waals surface area contributed by atoms with Gasteiger partial charge in [-0.3, -0.25) is 4.79 Å². The average molecular weight is 260 g/mol. The number of rotatable bonds is 4. The number of Topliss-reactive ketones (excluding diaryl/α,β-unsaturated/α-hetero) is 1. The smallest absolute Gasteiger partial charge is 0.174 e. The first kappa shape index (κ1) is 12.6. The van der Waals surface area contributed by atoms with Crippen molar-refractivity contribution in [1.29, 1.82) is 0 Å². The number of ketones is 1. The third kappa shape index (κ3) is 2.48. The van der Waals surface area contributed by atoms with Crippen LogP contribution in [-0.4, -0.2) is 5.78 Å². The van der Waals surface area contributed by atoms with Gasteiger partial charge in [0.2, 0.25) is 0 Å². The lowest BCUT2D eigenvalue weighted by Crippen LogP contribution is -2.14. The summed E-state index contributed by atoms with van der Waals surface area (Å²) in [6.45, 7) is 0. The topological polar surface area (TPSA) is 17.1 Å². The summed E-state index contributed by atoms with van der Waals surface area (Å²) in [6, 6.07) is 19.5. The lowest BCUT2D eigenvalue weighted by Gasteiger charge is -2.17. The van der Waals surface area contributed by atoms with Crippen LogP contribution in [-0.2, 0) is 0 Å². The molecule has 1 atom stereocenters. The average Bonchev–Trinajstić information content (AvgIpc) is 3.03. The molecule has 2 aromatic carbocycles. The molecular weight excluding hydrogens is 244 g/mol. The van der Waals surface area contributed by atoms with E-state index < -0.39 is 0 Å². The van der Waals surface area contributed by atoms with Crippen molar-refractivity contribution in [3.8, 4) is 0 Å². The fourth-order valence-electron chi connectivity index (χ4n) is 2.60. The maximum atomic E-state index is 12.9. The minimum Gasteiger partial charge on any atom is -0.293 e. The summed E-state index contributed by atoms with van der Waals surface area (Å²) >= 11 is 0. The Kier molecular flexibility index (Phi) is 3.60. The molecule has 0 amide bonds. The molecule has 2 aromatic rings. The Balaban J connectivity index is 2.02. The van der Waals surface area contributed by atoms with E-state index in [-0.39, 0.29) is 11.7 Å². The zero-order valence-electron chi connectivity index (χ0n) is 11.2. The minimum absolute atomic E-state index is 0.162. The van der Waals surface area contributed by atoms with Crippen LogP contribution in [0.3, 0.4) is 0 Å². The molecule has 0 spiro atoms. The van der Waals surface area contributed by atoms with Crippen LogP contribution < -0.4 is 0 Å². The Morgan fingerprint density at radius 1 is 0.900 bits per heavy atom. The number of hydrogen-bond acceptors (Lipinski definition) is 1. The second kappa shape index (κ2) is 5.70. The zero-order valence-corrected chi connectivity index (χ0v) is 11.2. The van der Waals surface area contributed by atoms with Crippen molar-refractivity contribution in [2.45, 2.75) is 12.3 Å². The molecule has 20 heavy (non-hydrogen) atoms. The third-order valence-corrected chi connectivity index (χ3v) is 3.59. The summed E-state index contributed by atoms with van der Waals surface area (Å²) < 4.78 is 0. The molecule has 98 valence electrons. The molecule has 1 aliphatic carbocycles. The Morgan fingerprint density at radius 3 is 2.15 bits per heavy atom. The molecule has 1 nitrogen and oxygen atoms in total. The Hall–Kier alpha value is -2.41. The van der Waals surface area contributed by atoms with Gasteiger partial charge in [0, 0.05) is 5.56 Å². The zero-order chi connectivity index (χ0) is 13.8. The molecule has 0 aromatic heterocycles. The van der Waals surface area contributed by atoms with E-state index in [1.165, 1.54) is 0 Å². The molecule has 0 aliphatic heterocycles. The monoisotopic (exact) mass is 260 g/mol. The van der Waals surface area contributed by atoms with E-state index in [1.807, 2.05) is 60.7 Å². The van der Waals surface area contributed by atoms with Gasteiger partial charge in [-0.15, -0.1) is 0 Å². The van der Waals surface area contributed by atoms with E-state index >= 15 is 0 Å². The van der Waals surface area contributed by atoms with Crippen LogP contribution in [0.5, 0.6) is 0 Å². The lowest BCUT2D eigenvalue weighted by molar-refractivity contribution is 0.0973. The van der Waals surface area contributed by atoms with Crippen molar-refractivity contribution in [3.63, 3.8) is 0 Å². The van der Waals surface area contributed by atoms with Crippen molar-refractivity contribution in [1.82, 2.24) is 0 Å². The highest BCUT2D eigenvalue weighted by atomic mass is 16.1. The van der Waals surface area contributed by atoms with Crippen LogP contribution in [0.2, 0.25) is 0 Å². The van der Waals surface area contributed by atoms with Gasteiger partial charge in [0.05, 0.1) is 5.92 Å². The Bertz CT molecular complexity index is 651. The summed E-state index contributed by atoms with van der Waals surface area (Å²) in [5.41, 5.74) is 2.92. The number of benzene rings is 2. The first-order valence-electron chi connectivity index (χ1n) is 6.87. The molecule has 1 aliphatic rings. The van der Waals surface area contributed by atoms with Gasteiger partial charge >= 0.3 is 0 Å². The predicted molar refractivity (Wildman–Crippen MR) is 81.8 cm³/mol. The number of hydrogen-bond donors (Lipinski definition) is 0. The summed E-state index contributed by atoms with van der Waals surface area (Å²) in [5, 5.41) is 0. The second-order valence-electron chi connectivity index (χ2n) is 4.92. The third-order valence-electron chi connectivity index (χ3n) is 3.59. The first-order chi connectivity index (χ1) is 9.86. The van der Waals surface area contributed by atoms with Gasteiger partial charge in [-0.1, -0.05) is 78.9 Å². The largest absolute Gasteiger partial charge is 0.293 e. The summed E-state index contributed by atoms with van der Waals surface area (Å²) in [6.07, 6.45) is 7.22. The van der Waals surface area contributed by atoms with Gasteiger partial charge in [0.15, 0.2) is 5.78 Å². The standard InChI is InChI=1S/C19H16O/c20-19(17-13-5-2-6-14-17)18(16-11-7-8-12-16)15-9-3-1-4-10-15/h1-7,9-14,18H,8H2. The van der Waals surface area contributed by atoms with E-state index in [0.717, 1.165) is 23.1 Å². The summed E-state index contributed by atoms with van der Waals surface area (Å²) in [7, 11) is 0. The fraction of sp³-hybridized carbons (Fsp3) is 0.105. The molecule has 3 rings (SSSR count). The fourth-order valence-corrected chi connectivity index (χ4v) is 2.60. The van der Waals surface area contributed by atoms with E-state index in [4.69, 9.17) is 0 Å². The maximum Gasteiger partial charge on any atom is 0.174 e. The van der Waals surface area contributed by atoms with E-state index in [9.17, 15) is 4.79 Å². The van der Waals surface area contributed by atoms with Crippen LogP contribution >= 0.6 is 0 Å². The predicted octanol–water partition coefficient (Wildman–Crippen LogP) is 4.54. The van der Waals surface area contributed by atoms with Crippen LogP contribution in [0.1, 0.15) is 28.3 Å². The molecule has 0 fully saturated rings. The van der Waals surface area contributed by atoms with Crippen LogP contribution in [0, 0.1) is 0 Å². The van der Waals surface area contributed by atoms with Gasteiger partial charge in [0.25, 0.3) is 0 Å². The van der Waals surface area contributed by atoms with E-state index in [1.54, 1.807) is 0 Å². The maximum absolute atomic E-state index is 12.9. The number of allylic oxidation sites excluding steroid dienone is 4. The van der Waals surface area contributed by atoms with Crippen molar-refractivity contribution >= 4 is 5.78 Å². The SMILES string of the molecule is O=C(c1ccccc1)C(C1=CCC=C1)c1ccccc1. The van der Waals surface area contributed by atoms with Crippen LogP contribution in [0.25, 0.3) is 0 Å². The highest BCUT2D eigenvalue weighted by Gasteiger charge is 2.25. The van der Waals surface area contributed by atoms with E-state index in [0.29, 0.717) is 0 Å². The number of carbonyl (C=O) groups is 1. The van der Waals surface area contributed by atoms with Crippen molar-refractivity contribution < 1.29 is 4.79 Å². The molecule has 0 N–H and O–H groups in total. The van der Waals surface area contributed by atoms with E-state index in [2.05, 4.69) is 18.2 Å². The van der Waals surface area contributed by atoms with Crippen molar-refractivity contribution in [2.24, 2.45) is 0 Å². The molecule has 1 unspecified atom stereocenters. The quantitative estimate of drug-likeness (QED) is 0.738. The minimum atomic E-state index is -0.197. The second-order valence-corrected chi connectivity index (χ2v) is 4.92. The molecular formula is C19H16O. The molecule has 1 heteroatoms. The molecule has 0 saturated carbocycles. The van der Waals surface area contributed by atoms with Gasteiger partial charge in [-0.25, -0.2) is 0 Å². The van der Waals surface area contributed by atoms with Gasteiger partial charge < -0.3 is 0 Å². The van der Waals surface area contributed by atoms with Gasteiger partial charge in [-0.05, 0) is 17.6 Å². The van der Waals surface area contributed by atoms with Crippen molar-refractivity contribution in [3.05, 3.63) is 95.6 Å². The lowest BCUT2D eigenvalue weighted by atomic mass is 9.85. The summed E-state index contributed by atoms with van der Waals surface area (Å²) in [5.74, 6) is -0.0352. The number of carbonyl (C=O) groups excluding carboxylic acids is 1. The highest BCUT2D eigenvalue weighted by molar-refractivity contribution is 6.03. The molecule has 0 heterocycles. The van der Waals surface area contributed by atoms with Crippen molar-refractivity contribution in [2.75, 3.05) is 0 Å². The molecule has 0 radical (unpaired) electrons.